The van der Waals surface area contributed by atoms with Crippen LogP contribution in [0.2, 0.25) is 5.02 Å². The number of carboxylic acid groups (broad SMARTS) is 1. The fourth-order valence-corrected chi connectivity index (χ4v) is 5.26. The zero-order valence-electron chi connectivity index (χ0n) is 17.2. The van der Waals surface area contributed by atoms with Gasteiger partial charge in [-0.25, -0.2) is 9.37 Å². The third-order valence-electron chi connectivity index (χ3n) is 5.74. The Morgan fingerprint density at radius 1 is 1.16 bits per heavy atom. The molecule has 2 aromatic carbocycles. The van der Waals surface area contributed by atoms with E-state index in [9.17, 15) is 19.1 Å². The molecule has 32 heavy (non-hydrogen) atoms. The highest BCUT2D eigenvalue weighted by atomic mass is 35.5. The van der Waals surface area contributed by atoms with Gasteiger partial charge in [-0.15, -0.1) is 11.3 Å². The van der Waals surface area contributed by atoms with E-state index in [2.05, 4.69) is 4.98 Å². The topological polar surface area (TPSA) is 70.5 Å². The number of rotatable bonds is 5. The number of anilines is 1. The SMILES string of the molecule is O=C(O)C[C@@H]1C(=O)N(c2nc(-c3ccccc3Cl)cs2)CC(F)CC[C@@H]1c1ccccc1. The number of aromatic nitrogens is 1. The maximum atomic E-state index is 14.9. The molecule has 3 aromatic rings. The summed E-state index contributed by atoms with van der Waals surface area (Å²) in [6, 6.07) is 16.5. The second kappa shape index (κ2) is 9.79. The number of carbonyl (C=O) groups is 2. The van der Waals surface area contributed by atoms with Crippen molar-refractivity contribution >= 4 is 39.9 Å². The van der Waals surface area contributed by atoms with Crippen molar-refractivity contribution in [2.24, 2.45) is 5.92 Å². The van der Waals surface area contributed by atoms with E-state index < -0.39 is 24.0 Å². The van der Waals surface area contributed by atoms with Crippen molar-refractivity contribution in [3.8, 4) is 11.3 Å². The first-order valence-corrected chi connectivity index (χ1v) is 11.6. The summed E-state index contributed by atoms with van der Waals surface area (Å²) in [6.07, 6.45) is -0.911. The first kappa shape index (κ1) is 22.4. The molecule has 0 aliphatic carbocycles. The minimum absolute atomic E-state index is 0.147. The van der Waals surface area contributed by atoms with E-state index in [4.69, 9.17) is 11.6 Å². The maximum absolute atomic E-state index is 14.9. The van der Waals surface area contributed by atoms with E-state index in [1.165, 1.54) is 16.2 Å². The van der Waals surface area contributed by atoms with Crippen LogP contribution in [0.15, 0.2) is 60.0 Å². The zero-order chi connectivity index (χ0) is 22.7. The Morgan fingerprint density at radius 3 is 2.59 bits per heavy atom. The van der Waals surface area contributed by atoms with Crippen LogP contribution < -0.4 is 4.90 Å². The van der Waals surface area contributed by atoms with Gasteiger partial charge in [-0.05, 0) is 30.4 Å². The van der Waals surface area contributed by atoms with Gasteiger partial charge in [-0.1, -0.05) is 60.1 Å². The van der Waals surface area contributed by atoms with Gasteiger partial charge in [0.15, 0.2) is 5.13 Å². The molecule has 1 N–H and O–H groups in total. The highest BCUT2D eigenvalue weighted by Gasteiger charge is 2.39. The standard InChI is InChI=1S/C24H22ClFN2O3S/c25-20-9-5-4-8-18(20)21-14-32-24(27-21)28-13-16(26)10-11-17(15-6-2-1-3-7-15)19(23(28)31)12-22(29)30/h1-9,14,16-17,19H,10-13H2,(H,29,30)/t16?,17-,19+/m1/s1. The molecule has 3 atom stereocenters. The van der Waals surface area contributed by atoms with Crippen LogP contribution in [-0.2, 0) is 9.59 Å². The molecule has 0 saturated carbocycles. The minimum Gasteiger partial charge on any atom is -0.481 e. The van der Waals surface area contributed by atoms with Crippen molar-refractivity contribution in [1.82, 2.24) is 4.98 Å². The number of thiazole rings is 1. The number of nitrogens with zero attached hydrogens (tertiary/aromatic N) is 2. The summed E-state index contributed by atoms with van der Waals surface area (Å²) in [7, 11) is 0. The molecule has 166 valence electrons. The average Bonchev–Trinajstić information content (AvgIpc) is 3.26. The summed E-state index contributed by atoms with van der Waals surface area (Å²) < 4.78 is 14.9. The highest BCUT2D eigenvalue weighted by molar-refractivity contribution is 7.14. The Balaban J connectivity index is 1.71. The van der Waals surface area contributed by atoms with E-state index in [1.807, 2.05) is 48.5 Å². The van der Waals surface area contributed by atoms with Gasteiger partial charge in [-0.2, -0.15) is 0 Å². The Labute approximate surface area is 194 Å². The second-order valence-electron chi connectivity index (χ2n) is 7.84. The fourth-order valence-electron chi connectivity index (χ4n) is 4.18. The molecule has 1 amide bonds. The van der Waals surface area contributed by atoms with Crippen molar-refractivity contribution in [3.63, 3.8) is 0 Å². The lowest BCUT2D eigenvalue weighted by molar-refractivity contribution is -0.141. The first-order valence-electron chi connectivity index (χ1n) is 10.4. The zero-order valence-corrected chi connectivity index (χ0v) is 18.7. The number of alkyl halides is 1. The minimum atomic E-state index is -1.23. The van der Waals surface area contributed by atoms with Crippen molar-refractivity contribution in [2.45, 2.75) is 31.4 Å². The van der Waals surface area contributed by atoms with Gasteiger partial charge in [0.2, 0.25) is 5.91 Å². The largest absolute Gasteiger partial charge is 0.481 e. The van der Waals surface area contributed by atoms with Crippen LogP contribution in [-0.4, -0.2) is 34.7 Å². The van der Waals surface area contributed by atoms with Crippen LogP contribution in [0.4, 0.5) is 9.52 Å². The normalized spacial score (nSPS) is 21.8. The fraction of sp³-hybridized carbons (Fsp3) is 0.292. The smallest absolute Gasteiger partial charge is 0.304 e. The summed E-state index contributed by atoms with van der Waals surface area (Å²) >= 11 is 7.50. The van der Waals surface area contributed by atoms with E-state index in [-0.39, 0.29) is 25.3 Å². The predicted octanol–water partition coefficient (Wildman–Crippen LogP) is 5.80. The summed E-state index contributed by atoms with van der Waals surface area (Å²) in [5.74, 6) is -2.67. The van der Waals surface area contributed by atoms with Crippen LogP contribution in [0.25, 0.3) is 11.3 Å². The highest BCUT2D eigenvalue weighted by Crippen LogP contribution is 2.39. The Hall–Kier alpha value is -2.77. The third kappa shape index (κ3) is 4.84. The maximum Gasteiger partial charge on any atom is 0.304 e. The molecule has 0 spiro atoms. The molecule has 1 fully saturated rings. The predicted molar refractivity (Wildman–Crippen MR) is 124 cm³/mol. The molecule has 1 aromatic heterocycles. The van der Waals surface area contributed by atoms with Gasteiger partial charge in [-0.3, -0.25) is 14.5 Å². The van der Waals surface area contributed by atoms with E-state index in [0.717, 1.165) is 11.1 Å². The number of halogens is 2. The van der Waals surface area contributed by atoms with Crippen LogP contribution in [0.3, 0.4) is 0 Å². The second-order valence-corrected chi connectivity index (χ2v) is 9.08. The molecule has 5 nitrogen and oxygen atoms in total. The lowest BCUT2D eigenvalue weighted by atomic mass is 9.78. The summed E-state index contributed by atoms with van der Waals surface area (Å²) in [5, 5.41) is 12.2. The lowest BCUT2D eigenvalue weighted by Gasteiger charge is -2.34. The van der Waals surface area contributed by atoms with Gasteiger partial charge < -0.3 is 5.11 Å². The van der Waals surface area contributed by atoms with Crippen LogP contribution >= 0.6 is 22.9 Å². The number of hydrogen-bond acceptors (Lipinski definition) is 4. The number of benzene rings is 2. The molecular weight excluding hydrogens is 451 g/mol. The molecule has 2 heterocycles. The van der Waals surface area contributed by atoms with Gasteiger partial charge in [0.05, 0.1) is 24.6 Å². The monoisotopic (exact) mass is 472 g/mol. The molecular formula is C24H22ClFN2O3S. The Kier molecular flexibility index (Phi) is 6.86. The van der Waals surface area contributed by atoms with Crippen molar-refractivity contribution < 1.29 is 19.1 Å². The van der Waals surface area contributed by atoms with E-state index in [0.29, 0.717) is 22.3 Å². The number of carboxylic acids is 1. The summed E-state index contributed by atoms with van der Waals surface area (Å²) in [4.78, 5) is 31.1. The van der Waals surface area contributed by atoms with Crippen molar-refractivity contribution in [3.05, 3.63) is 70.6 Å². The molecule has 1 saturated heterocycles. The Bertz CT molecular complexity index is 1110. The number of amides is 1. The van der Waals surface area contributed by atoms with Crippen LogP contribution in [0, 0.1) is 5.92 Å². The van der Waals surface area contributed by atoms with Gasteiger partial charge in [0, 0.05) is 16.0 Å². The average molecular weight is 473 g/mol. The molecule has 4 rings (SSSR count). The lowest BCUT2D eigenvalue weighted by Crippen LogP contribution is -2.44. The van der Waals surface area contributed by atoms with Crippen LogP contribution in [0.5, 0.6) is 0 Å². The number of hydrogen-bond donors (Lipinski definition) is 1. The summed E-state index contributed by atoms with van der Waals surface area (Å²) in [5.41, 5.74) is 2.16. The molecule has 0 radical (unpaired) electrons. The van der Waals surface area contributed by atoms with E-state index >= 15 is 0 Å². The van der Waals surface area contributed by atoms with Gasteiger partial charge >= 0.3 is 5.97 Å². The molecule has 0 bridgehead atoms. The Morgan fingerprint density at radius 2 is 1.88 bits per heavy atom. The number of aliphatic carboxylic acids is 1. The van der Waals surface area contributed by atoms with Crippen LogP contribution in [0.1, 0.15) is 30.7 Å². The molecule has 1 aliphatic heterocycles. The molecule has 8 heteroatoms. The molecule has 1 aliphatic rings. The van der Waals surface area contributed by atoms with Gasteiger partial charge in [0.1, 0.15) is 6.17 Å². The van der Waals surface area contributed by atoms with Gasteiger partial charge in [0.25, 0.3) is 0 Å². The quantitative estimate of drug-likeness (QED) is 0.509. The third-order valence-corrected chi connectivity index (χ3v) is 6.93. The molecule has 1 unspecified atom stereocenters. The summed E-state index contributed by atoms with van der Waals surface area (Å²) in [6.45, 7) is -0.147. The first-order chi connectivity index (χ1) is 15.4. The van der Waals surface area contributed by atoms with Crippen molar-refractivity contribution in [1.29, 1.82) is 0 Å². The van der Waals surface area contributed by atoms with Crippen molar-refractivity contribution in [2.75, 3.05) is 11.4 Å². The number of carbonyl (C=O) groups excluding carboxylic acids is 1. The van der Waals surface area contributed by atoms with E-state index in [1.54, 1.807) is 11.4 Å².